The van der Waals surface area contributed by atoms with Gasteiger partial charge in [-0.3, -0.25) is 10.2 Å². The molecule has 15 heavy (non-hydrogen) atoms. The van der Waals surface area contributed by atoms with Crippen LogP contribution in [0.3, 0.4) is 0 Å². The van der Waals surface area contributed by atoms with Gasteiger partial charge in [0.05, 0.1) is 6.61 Å². The molecule has 0 aromatic carbocycles. The lowest BCUT2D eigenvalue weighted by Gasteiger charge is -2.17. The largest absolute Gasteiger partial charge is 0.478 e. The van der Waals surface area contributed by atoms with E-state index in [0.29, 0.717) is 0 Å². The van der Waals surface area contributed by atoms with Crippen LogP contribution in [-0.4, -0.2) is 59.3 Å². The maximum absolute atomic E-state index is 11.0. The molecule has 0 aromatic heterocycles. The van der Waals surface area contributed by atoms with Crippen LogP contribution in [0.25, 0.3) is 0 Å². The van der Waals surface area contributed by atoms with Crippen molar-refractivity contribution >= 4 is 17.9 Å². The second-order valence-electron chi connectivity index (χ2n) is 2.74. The third-order valence-corrected chi connectivity index (χ3v) is 1.49. The summed E-state index contributed by atoms with van der Waals surface area (Å²) >= 11 is 0. The van der Waals surface area contributed by atoms with Crippen LogP contribution in [0.4, 0.5) is 0 Å². The molecule has 0 aromatic rings. The fourth-order valence-corrected chi connectivity index (χ4v) is 0.641. The number of aliphatic carboxylic acids is 1. The van der Waals surface area contributed by atoms with Gasteiger partial charge in [-0.1, -0.05) is 0 Å². The zero-order valence-electron chi connectivity index (χ0n) is 8.14. The summed E-state index contributed by atoms with van der Waals surface area (Å²) in [5, 5.41) is 23.9. The van der Waals surface area contributed by atoms with E-state index in [2.05, 4.69) is 4.74 Å². The van der Waals surface area contributed by atoms with E-state index >= 15 is 0 Å². The number of carbonyl (C=O) groups is 2. The van der Waals surface area contributed by atoms with Crippen LogP contribution < -0.4 is 5.73 Å². The fourth-order valence-electron chi connectivity index (χ4n) is 0.641. The quantitative estimate of drug-likeness (QED) is 0.234. The minimum absolute atomic E-state index is 0.345. The van der Waals surface area contributed by atoms with Crippen LogP contribution in [0.1, 0.15) is 0 Å². The molecular weight excluding hydrogens is 206 g/mol. The van der Waals surface area contributed by atoms with E-state index in [1.165, 1.54) is 7.05 Å². The molecule has 0 aliphatic carbocycles. The van der Waals surface area contributed by atoms with Crippen LogP contribution in [0.2, 0.25) is 0 Å². The molecule has 5 N–H and O–H groups in total. The van der Waals surface area contributed by atoms with Gasteiger partial charge in [-0.25, -0.2) is 4.79 Å². The molecular formula is C7H13N3O5. The molecule has 8 nitrogen and oxygen atoms in total. The maximum atomic E-state index is 11.0. The molecule has 0 aliphatic rings. The Morgan fingerprint density at radius 3 is 2.47 bits per heavy atom. The molecule has 0 fully saturated rings. The molecule has 1 atom stereocenters. The van der Waals surface area contributed by atoms with Gasteiger partial charge in [0, 0.05) is 7.05 Å². The average molecular weight is 219 g/mol. The predicted molar refractivity (Wildman–Crippen MR) is 49.1 cm³/mol. The SMILES string of the molecule is CN(CC(=O)OC(CO)C(=O)O)C(=N)N. The molecule has 0 bridgehead atoms. The Hall–Kier alpha value is -1.83. The van der Waals surface area contributed by atoms with Crippen LogP contribution in [0, 0.1) is 5.41 Å². The van der Waals surface area contributed by atoms with E-state index in [1.807, 2.05) is 0 Å². The van der Waals surface area contributed by atoms with Crippen molar-refractivity contribution in [2.24, 2.45) is 5.73 Å². The summed E-state index contributed by atoms with van der Waals surface area (Å²) in [4.78, 5) is 22.5. The highest BCUT2D eigenvalue weighted by atomic mass is 16.6. The van der Waals surface area contributed by atoms with Gasteiger partial charge in [-0.05, 0) is 0 Å². The highest BCUT2D eigenvalue weighted by molar-refractivity contribution is 5.83. The molecule has 0 aliphatic heterocycles. The number of guanidine groups is 1. The normalized spacial score (nSPS) is 11.6. The van der Waals surface area contributed by atoms with Crippen molar-refractivity contribution in [2.75, 3.05) is 20.2 Å². The van der Waals surface area contributed by atoms with Crippen molar-refractivity contribution < 1.29 is 24.5 Å². The Balaban J connectivity index is 4.13. The molecule has 0 saturated carbocycles. The Kier molecular flexibility index (Phi) is 5.10. The molecule has 0 rings (SSSR count). The van der Waals surface area contributed by atoms with Crippen molar-refractivity contribution in [1.82, 2.24) is 4.90 Å². The van der Waals surface area contributed by atoms with E-state index in [9.17, 15) is 9.59 Å². The Labute approximate surface area is 85.7 Å². The van der Waals surface area contributed by atoms with Crippen molar-refractivity contribution in [1.29, 1.82) is 5.41 Å². The number of esters is 1. The number of nitrogens with two attached hydrogens (primary N) is 1. The minimum Gasteiger partial charge on any atom is -0.478 e. The summed E-state index contributed by atoms with van der Waals surface area (Å²) < 4.78 is 4.40. The molecule has 0 spiro atoms. The first kappa shape index (κ1) is 13.2. The summed E-state index contributed by atoms with van der Waals surface area (Å²) in [7, 11) is 1.37. The lowest BCUT2D eigenvalue weighted by molar-refractivity contribution is -0.166. The van der Waals surface area contributed by atoms with Gasteiger partial charge >= 0.3 is 11.9 Å². The molecule has 0 saturated heterocycles. The predicted octanol–water partition coefficient (Wildman–Crippen LogP) is -2.20. The summed E-state index contributed by atoms with van der Waals surface area (Å²) in [6, 6.07) is 0. The van der Waals surface area contributed by atoms with Crippen molar-refractivity contribution in [3.05, 3.63) is 0 Å². The molecule has 0 heterocycles. The number of aliphatic hydroxyl groups is 1. The van der Waals surface area contributed by atoms with Gasteiger partial charge in [-0.15, -0.1) is 0 Å². The number of aliphatic hydroxyl groups excluding tert-OH is 1. The number of hydrogen-bond donors (Lipinski definition) is 4. The fraction of sp³-hybridized carbons (Fsp3) is 0.571. The monoisotopic (exact) mass is 219 g/mol. The first-order valence-corrected chi connectivity index (χ1v) is 3.96. The van der Waals surface area contributed by atoms with Gasteiger partial charge in [0.25, 0.3) is 0 Å². The van der Waals surface area contributed by atoms with Gasteiger partial charge in [-0.2, -0.15) is 0 Å². The number of rotatable bonds is 5. The van der Waals surface area contributed by atoms with E-state index in [-0.39, 0.29) is 12.5 Å². The number of likely N-dealkylation sites (N-methyl/N-ethyl adjacent to an activating group) is 1. The number of carboxylic acid groups (broad SMARTS) is 1. The molecule has 0 amide bonds. The standard InChI is InChI=1S/C7H13N3O5/c1-10(7(8)9)2-5(12)15-4(3-11)6(13)14/h4,11H,2-3H2,1H3,(H3,8,9)(H,13,14). The Morgan fingerprint density at radius 1 is 1.60 bits per heavy atom. The molecule has 86 valence electrons. The average Bonchev–Trinajstić information content (AvgIpc) is 2.13. The van der Waals surface area contributed by atoms with E-state index in [0.717, 1.165) is 4.90 Å². The third kappa shape index (κ3) is 4.81. The van der Waals surface area contributed by atoms with Gasteiger partial charge in [0.2, 0.25) is 6.10 Å². The molecule has 0 radical (unpaired) electrons. The van der Waals surface area contributed by atoms with Gasteiger partial charge in [0.1, 0.15) is 6.54 Å². The smallest absolute Gasteiger partial charge is 0.347 e. The highest BCUT2D eigenvalue weighted by Crippen LogP contribution is 1.93. The first-order valence-electron chi connectivity index (χ1n) is 3.96. The summed E-state index contributed by atoms with van der Waals surface area (Å²) in [5.74, 6) is -2.66. The van der Waals surface area contributed by atoms with E-state index < -0.39 is 24.6 Å². The Bertz CT molecular complexity index is 267. The second-order valence-corrected chi connectivity index (χ2v) is 2.74. The van der Waals surface area contributed by atoms with Crippen molar-refractivity contribution in [3.63, 3.8) is 0 Å². The molecule has 1 unspecified atom stereocenters. The lowest BCUT2D eigenvalue weighted by Crippen LogP contribution is -2.40. The van der Waals surface area contributed by atoms with Crippen LogP contribution >= 0.6 is 0 Å². The number of carbonyl (C=O) groups excluding carboxylic acids is 1. The van der Waals surface area contributed by atoms with Crippen LogP contribution in [0.5, 0.6) is 0 Å². The maximum Gasteiger partial charge on any atom is 0.347 e. The minimum atomic E-state index is -1.59. The number of carboxylic acids is 1. The van der Waals surface area contributed by atoms with Crippen LogP contribution in [-0.2, 0) is 14.3 Å². The number of nitrogens with one attached hydrogen (secondary N) is 1. The van der Waals surface area contributed by atoms with Gasteiger partial charge in [0.15, 0.2) is 5.96 Å². The topological polar surface area (TPSA) is 137 Å². The van der Waals surface area contributed by atoms with E-state index in [1.54, 1.807) is 0 Å². The molecule has 8 heteroatoms. The van der Waals surface area contributed by atoms with Gasteiger partial charge < -0.3 is 25.6 Å². The second kappa shape index (κ2) is 5.81. The summed E-state index contributed by atoms with van der Waals surface area (Å²) in [5.41, 5.74) is 5.04. The lowest BCUT2D eigenvalue weighted by atomic mass is 10.4. The van der Waals surface area contributed by atoms with Crippen molar-refractivity contribution in [2.45, 2.75) is 6.10 Å². The Morgan fingerprint density at radius 2 is 2.13 bits per heavy atom. The zero-order valence-corrected chi connectivity index (χ0v) is 8.14. The highest BCUT2D eigenvalue weighted by Gasteiger charge is 2.21. The first-order chi connectivity index (χ1) is 6.88. The summed E-state index contributed by atoms with van der Waals surface area (Å²) in [6.07, 6.45) is -1.59. The number of ether oxygens (including phenoxy) is 1. The third-order valence-electron chi connectivity index (χ3n) is 1.49. The van der Waals surface area contributed by atoms with Crippen LogP contribution in [0.15, 0.2) is 0 Å². The van der Waals surface area contributed by atoms with Crippen molar-refractivity contribution in [3.8, 4) is 0 Å². The van der Waals surface area contributed by atoms with E-state index in [4.69, 9.17) is 21.4 Å². The summed E-state index contributed by atoms with van der Waals surface area (Å²) in [6.45, 7) is -1.15. The number of nitrogens with zero attached hydrogens (tertiary/aromatic N) is 1. The zero-order chi connectivity index (χ0) is 12.0. The number of hydrogen-bond acceptors (Lipinski definition) is 5.